The number of nitrogens with zero attached hydrogens (tertiary/aromatic N) is 2. The summed E-state index contributed by atoms with van der Waals surface area (Å²) in [6.45, 7) is 1.98. The largest absolute Gasteiger partial charge is 0.488 e. The fraction of sp³-hybridized carbons (Fsp3) is 0.571. The Kier molecular flexibility index (Phi) is 8.57. The Morgan fingerprint density at radius 2 is 1.94 bits per heavy atom. The van der Waals surface area contributed by atoms with Crippen molar-refractivity contribution in [3.05, 3.63) is 28.3 Å². The molecule has 0 aromatic carbocycles. The van der Waals surface area contributed by atoms with E-state index in [9.17, 15) is 28.3 Å². The molecule has 1 aromatic heterocycles. The van der Waals surface area contributed by atoms with Gasteiger partial charge in [-0.2, -0.15) is 9.29 Å². The zero-order valence-corrected chi connectivity index (χ0v) is 19.3. The lowest BCUT2D eigenvalue weighted by Gasteiger charge is -2.19. The second kappa shape index (κ2) is 10.2. The van der Waals surface area contributed by atoms with Crippen LogP contribution in [0.15, 0.2) is 17.1 Å². The molecule has 0 radical (unpaired) electrons. The lowest BCUT2D eigenvalue weighted by Crippen LogP contribution is -2.28. The van der Waals surface area contributed by atoms with Crippen LogP contribution in [0, 0.1) is 0 Å². The molecule has 1 fully saturated rings. The molecule has 1 aliphatic rings. The summed E-state index contributed by atoms with van der Waals surface area (Å²) in [4.78, 5) is 43.7. The zero-order valence-electron chi connectivity index (χ0n) is 16.6. The number of phosphoric acid groups is 2. The third kappa shape index (κ3) is 8.36. The van der Waals surface area contributed by atoms with Gasteiger partial charge in [0.25, 0.3) is 0 Å². The molecule has 0 amide bonds. The third-order valence-corrected chi connectivity index (χ3v) is 7.99. The van der Waals surface area contributed by atoms with E-state index in [2.05, 4.69) is 18.1 Å². The van der Waals surface area contributed by atoms with Crippen molar-refractivity contribution in [2.24, 2.45) is 0 Å². The van der Waals surface area contributed by atoms with Crippen molar-refractivity contribution in [3.63, 3.8) is 0 Å². The van der Waals surface area contributed by atoms with Crippen LogP contribution in [0.5, 0.6) is 0 Å². The van der Waals surface area contributed by atoms with Crippen LogP contribution < -0.4 is 11.4 Å². The summed E-state index contributed by atoms with van der Waals surface area (Å²) in [6, 6.07) is 0. The van der Waals surface area contributed by atoms with Crippen LogP contribution in [0.3, 0.4) is 0 Å². The van der Waals surface area contributed by atoms with Gasteiger partial charge in [-0.1, -0.05) is 19.1 Å². The molecule has 0 saturated carbocycles. The van der Waals surface area contributed by atoms with E-state index in [1.807, 2.05) is 13.0 Å². The van der Waals surface area contributed by atoms with Crippen molar-refractivity contribution in [3.8, 4) is 0 Å². The fourth-order valence-electron chi connectivity index (χ4n) is 2.63. The highest BCUT2D eigenvalue weighted by Gasteiger charge is 2.40. The maximum absolute atomic E-state index is 12.2. The number of hydrogen-bond acceptors (Lipinski definition) is 10. The minimum atomic E-state index is -5.35. The molecule has 2 heterocycles. The fourth-order valence-corrected chi connectivity index (χ4v) is 6.13. The normalized spacial score (nSPS) is 25.2. The SMILES string of the molecule is CCC=Cc1cn([C@H]2CC[C@@H](COP(=O)(O)OP(=O)(O)OP(C)(=O)O)O2)c(=O)nc1N. The summed E-state index contributed by atoms with van der Waals surface area (Å²) in [5, 5.41) is 0. The van der Waals surface area contributed by atoms with Crippen molar-refractivity contribution in [1.29, 1.82) is 0 Å². The number of rotatable bonds is 10. The van der Waals surface area contributed by atoms with Crippen molar-refractivity contribution in [2.45, 2.75) is 38.5 Å². The third-order valence-electron chi connectivity index (χ3n) is 3.82. The van der Waals surface area contributed by atoms with Crippen LogP contribution in [-0.4, -0.2) is 43.6 Å². The number of anilines is 1. The van der Waals surface area contributed by atoms with Gasteiger partial charge in [0.15, 0.2) is 0 Å². The minimum Gasteiger partial charge on any atom is -0.383 e. The second-order valence-electron chi connectivity index (χ2n) is 6.57. The number of nitrogens with two attached hydrogens (primary N) is 1. The van der Waals surface area contributed by atoms with E-state index in [-0.39, 0.29) is 5.82 Å². The van der Waals surface area contributed by atoms with Gasteiger partial charge >= 0.3 is 28.9 Å². The summed E-state index contributed by atoms with van der Waals surface area (Å²) < 4.78 is 53.7. The number of nitrogen functional groups attached to an aromatic ring is 1. The van der Waals surface area contributed by atoms with Gasteiger partial charge in [0.2, 0.25) is 0 Å². The van der Waals surface area contributed by atoms with Gasteiger partial charge < -0.3 is 25.2 Å². The molecule has 0 bridgehead atoms. The quantitative estimate of drug-likeness (QED) is 0.337. The molecular weight excluding hydrogens is 479 g/mol. The average Bonchev–Trinajstić information content (AvgIpc) is 3.05. The molecule has 14 nitrogen and oxygen atoms in total. The Hall–Kier alpha value is -1.17. The number of ether oxygens (including phenoxy) is 1. The predicted molar refractivity (Wildman–Crippen MR) is 109 cm³/mol. The zero-order chi connectivity index (χ0) is 23.4. The number of phosphoric ester groups is 1. The number of aromatic nitrogens is 2. The summed E-state index contributed by atoms with van der Waals surface area (Å²) in [7, 11) is -15.0. The Labute approximate surface area is 177 Å². The van der Waals surface area contributed by atoms with Gasteiger partial charge in [0.1, 0.15) is 12.0 Å². The molecular formula is C14H24N3O11P3. The Bertz CT molecular complexity index is 1020. The Morgan fingerprint density at radius 1 is 1.26 bits per heavy atom. The van der Waals surface area contributed by atoms with E-state index < -0.39 is 47.9 Å². The molecule has 5 N–H and O–H groups in total. The average molecular weight is 503 g/mol. The summed E-state index contributed by atoms with van der Waals surface area (Å²) in [5.41, 5.74) is 5.63. The first-order valence-electron chi connectivity index (χ1n) is 8.95. The van der Waals surface area contributed by atoms with E-state index >= 15 is 0 Å². The van der Waals surface area contributed by atoms with Crippen molar-refractivity contribution >= 4 is 35.1 Å². The predicted octanol–water partition coefficient (Wildman–Crippen LogP) is 1.99. The maximum Gasteiger partial charge on any atom is 0.488 e. The van der Waals surface area contributed by atoms with Crippen LogP contribution in [0.25, 0.3) is 6.08 Å². The van der Waals surface area contributed by atoms with Gasteiger partial charge in [-0.15, -0.1) is 0 Å². The number of allylic oxidation sites excluding steroid dienone is 1. The highest BCUT2D eigenvalue weighted by atomic mass is 31.3. The van der Waals surface area contributed by atoms with Crippen LogP contribution >= 0.6 is 23.2 Å². The molecule has 2 rings (SSSR count). The van der Waals surface area contributed by atoms with E-state index in [0.717, 1.165) is 6.42 Å². The lowest BCUT2D eigenvalue weighted by molar-refractivity contribution is -0.0242. The van der Waals surface area contributed by atoms with Crippen molar-refractivity contribution < 1.29 is 46.3 Å². The van der Waals surface area contributed by atoms with Crippen LogP contribution in [0.1, 0.15) is 38.0 Å². The minimum absolute atomic E-state index is 0.0670. The molecule has 17 heteroatoms. The summed E-state index contributed by atoms with van der Waals surface area (Å²) >= 11 is 0. The molecule has 1 aliphatic heterocycles. The highest BCUT2D eigenvalue weighted by Crippen LogP contribution is 2.66. The van der Waals surface area contributed by atoms with Gasteiger partial charge in [0, 0.05) is 18.4 Å². The van der Waals surface area contributed by atoms with E-state index in [4.69, 9.17) is 15.4 Å². The van der Waals surface area contributed by atoms with Crippen LogP contribution in [-0.2, 0) is 31.6 Å². The Balaban J connectivity index is 2.00. The first-order valence-corrected chi connectivity index (χ1v) is 14.0. The highest BCUT2D eigenvalue weighted by molar-refractivity contribution is 7.68. The number of hydrogen-bond donors (Lipinski definition) is 4. The summed E-state index contributed by atoms with van der Waals surface area (Å²) in [5.74, 6) is 0.0670. The molecule has 0 aliphatic carbocycles. The van der Waals surface area contributed by atoms with Crippen molar-refractivity contribution in [2.75, 3.05) is 19.0 Å². The Morgan fingerprint density at radius 3 is 2.55 bits per heavy atom. The first-order chi connectivity index (χ1) is 14.2. The lowest BCUT2D eigenvalue weighted by atomic mass is 10.2. The second-order valence-corrected chi connectivity index (χ2v) is 11.6. The molecule has 0 spiro atoms. The summed E-state index contributed by atoms with van der Waals surface area (Å²) in [6.07, 6.45) is 4.95. The smallest absolute Gasteiger partial charge is 0.383 e. The van der Waals surface area contributed by atoms with Gasteiger partial charge in [0.05, 0.1) is 12.7 Å². The first kappa shape index (κ1) is 26.1. The monoisotopic (exact) mass is 503 g/mol. The van der Waals surface area contributed by atoms with Gasteiger partial charge in [-0.25, -0.2) is 18.2 Å². The van der Waals surface area contributed by atoms with Crippen LogP contribution in [0.4, 0.5) is 5.82 Å². The van der Waals surface area contributed by atoms with Gasteiger partial charge in [-0.05, 0) is 19.3 Å². The van der Waals surface area contributed by atoms with E-state index in [0.29, 0.717) is 25.1 Å². The molecule has 31 heavy (non-hydrogen) atoms. The molecule has 1 saturated heterocycles. The maximum atomic E-state index is 12.2. The van der Waals surface area contributed by atoms with Crippen LogP contribution in [0.2, 0.25) is 0 Å². The topological polar surface area (TPSA) is 210 Å². The molecule has 176 valence electrons. The van der Waals surface area contributed by atoms with E-state index in [1.165, 1.54) is 10.8 Å². The molecule has 1 aromatic rings. The van der Waals surface area contributed by atoms with Gasteiger partial charge in [-0.3, -0.25) is 13.7 Å². The van der Waals surface area contributed by atoms with Crippen molar-refractivity contribution in [1.82, 2.24) is 9.55 Å². The van der Waals surface area contributed by atoms with E-state index in [1.54, 1.807) is 6.08 Å². The molecule has 5 atom stereocenters. The standard InChI is InChI=1S/C14H24N3O11P3/c1-3-4-5-10-8-17(14(18)16-13(10)15)12-7-6-11(26-12)9-25-30(21,22)28-31(23,24)27-29(2,19)20/h4-5,8,11-12H,3,6-7,9H2,1-2H3,(H,19,20)(H,21,22)(H,23,24)(H2,15,16,18)/t11-,12+/m0/s1. The molecule has 3 unspecified atom stereocenters.